The summed E-state index contributed by atoms with van der Waals surface area (Å²) in [6, 6.07) is 5.61. The number of carbonyl (C=O) groups excluding carboxylic acids is 1. The Hall–Kier alpha value is -1.79. The fraction of sp³-hybridized carbons (Fsp3) is 0.500. The molecule has 0 radical (unpaired) electrons. The van der Waals surface area contributed by atoms with Gasteiger partial charge in [-0.25, -0.2) is 0 Å². The van der Waals surface area contributed by atoms with Gasteiger partial charge in [0.15, 0.2) is 0 Å². The second-order valence-electron chi connectivity index (χ2n) is 5.71. The van der Waals surface area contributed by atoms with Gasteiger partial charge < -0.3 is 10.0 Å². The monoisotopic (exact) mass is 287 g/mol. The van der Waals surface area contributed by atoms with Gasteiger partial charge in [-0.3, -0.25) is 4.79 Å². The number of amides is 1. The van der Waals surface area contributed by atoms with Crippen LogP contribution in [0.15, 0.2) is 18.2 Å². The first kappa shape index (κ1) is 17.3. The molecule has 1 aromatic rings. The molecule has 1 aromatic carbocycles. The maximum Gasteiger partial charge on any atom is 0.253 e. The van der Waals surface area contributed by atoms with E-state index in [1.165, 1.54) is 0 Å². The average Bonchev–Trinajstić information content (AvgIpc) is 2.46. The lowest BCUT2D eigenvalue weighted by molar-refractivity contribution is 0.0789. The molecule has 21 heavy (non-hydrogen) atoms. The lowest BCUT2D eigenvalue weighted by atomic mass is 10.0. The number of carbonyl (C=O) groups is 1. The SMILES string of the molecule is Cc1ccc(C(=O)N(C)CCC(C)C)cc1C#CCCO. The van der Waals surface area contributed by atoms with E-state index in [1.807, 2.05) is 32.2 Å². The molecule has 0 saturated heterocycles. The van der Waals surface area contributed by atoms with Crippen LogP contribution in [0.2, 0.25) is 0 Å². The molecule has 0 spiro atoms. The Morgan fingerprint density at radius 2 is 2.10 bits per heavy atom. The Balaban J connectivity index is 2.86. The number of aliphatic hydroxyl groups excluding tert-OH is 1. The summed E-state index contributed by atoms with van der Waals surface area (Å²) < 4.78 is 0. The van der Waals surface area contributed by atoms with Crippen molar-refractivity contribution in [1.29, 1.82) is 0 Å². The third-order valence-electron chi connectivity index (χ3n) is 3.33. The first-order chi connectivity index (χ1) is 9.95. The molecule has 0 aliphatic heterocycles. The zero-order valence-electron chi connectivity index (χ0n) is 13.4. The molecule has 0 bridgehead atoms. The summed E-state index contributed by atoms with van der Waals surface area (Å²) >= 11 is 0. The molecule has 0 unspecified atom stereocenters. The second-order valence-corrected chi connectivity index (χ2v) is 5.71. The molecular formula is C18H25NO2. The van der Waals surface area contributed by atoms with Crippen LogP contribution >= 0.6 is 0 Å². The lowest BCUT2D eigenvalue weighted by Crippen LogP contribution is -2.28. The summed E-state index contributed by atoms with van der Waals surface area (Å²) in [6.45, 7) is 7.09. The van der Waals surface area contributed by atoms with E-state index in [4.69, 9.17) is 5.11 Å². The van der Waals surface area contributed by atoms with Crippen LogP contribution < -0.4 is 0 Å². The minimum atomic E-state index is 0.0286. The average molecular weight is 287 g/mol. The molecule has 1 amide bonds. The second kappa shape index (κ2) is 8.49. The van der Waals surface area contributed by atoms with Crippen molar-refractivity contribution in [2.45, 2.75) is 33.6 Å². The van der Waals surface area contributed by atoms with Crippen molar-refractivity contribution in [2.75, 3.05) is 20.2 Å². The van der Waals surface area contributed by atoms with E-state index in [9.17, 15) is 4.79 Å². The zero-order valence-corrected chi connectivity index (χ0v) is 13.4. The van der Waals surface area contributed by atoms with Crippen molar-refractivity contribution in [3.63, 3.8) is 0 Å². The highest BCUT2D eigenvalue weighted by Gasteiger charge is 2.12. The van der Waals surface area contributed by atoms with Crippen LogP contribution in [-0.2, 0) is 0 Å². The van der Waals surface area contributed by atoms with Crippen LogP contribution in [0.4, 0.5) is 0 Å². The van der Waals surface area contributed by atoms with E-state index >= 15 is 0 Å². The van der Waals surface area contributed by atoms with Crippen molar-refractivity contribution in [2.24, 2.45) is 5.92 Å². The summed E-state index contributed by atoms with van der Waals surface area (Å²) in [5.74, 6) is 6.53. The third-order valence-corrected chi connectivity index (χ3v) is 3.33. The first-order valence-electron chi connectivity index (χ1n) is 7.41. The number of aryl methyl sites for hydroxylation is 1. The molecule has 3 nitrogen and oxygen atoms in total. The highest BCUT2D eigenvalue weighted by Crippen LogP contribution is 2.13. The summed E-state index contributed by atoms with van der Waals surface area (Å²) in [6.07, 6.45) is 1.45. The molecule has 0 aliphatic rings. The van der Waals surface area contributed by atoms with E-state index in [0.29, 0.717) is 17.9 Å². The number of hydrogen-bond donors (Lipinski definition) is 1. The predicted molar refractivity (Wildman–Crippen MR) is 86.2 cm³/mol. The van der Waals surface area contributed by atoms with Gasteiger partial charge in [-0.1, -0.05) is 31.8 Å². The fourth-order valence-electron chi connectivity index (χ4n) is 1.88. The summed E-state index contributed by atoms with van der Waals surface area (Å²) in [5, 5.41) is 8.77. The van der Waals surface area contributed by atoms with Crippen molar-refractivity contribution < 1.29 is 9.90 Å². The molecule has 0 heterocycles. The van der Waals surface area contributed by atoms with Gasteiger partial charge in [0.05, 0.1) is 6.61 Å². The predicted octanol–water partition coefficient (Wildman–Crippen LogP) is 2.85. The van der Waals surface area contributed by atoms with Crippen LogP contribution in [0.25, 0.3) is 0 Å². The largest absolute Gasteiger partial charge is 0.395 e. The van der Waals surface area contributed by atoms with Gasteiger partial charge in [-0.2, -0.15) is 0 Å². The highest BCUT2D eigenvalue weighted by molar-refractivity contribution is 5.94. The molecule has 1 rings (SSSR count). The highest BCUT2D eigenvalue weighted by atomic mass is 16.2. The molecule has 0 atom stereocenters. The van der Waals surface area contributed by atoms with E-state index in [2.05, 4.69) is 25.7 Å². The molecule has 0 aromatic heterocycles. The van der Waals surface area contributed by atoms with Crippen molar-refractivity contribution in [1.82, 2.24) is 4.90 Å². The molecular weight excluding hydrogens is 262 g/mol. The number of aliphatic hydroxyl groups is 1. The number of rotatable bonds is 5. The first-order valence-corrected chi connectivity index (χ1v) is 7.41. The standard InChI is InChI=1S/C18H25NO2/c1-14(2)10-11-19(4)18(21)17-9-8-15(3)16(13-17)7-5-6-12-20/h8-9,13-14,20H,6,10-12H2,1-4H3. The maximum absolute atomic E-state index is 12.4. The van der Waals surface area contributed by atoms with Crippen molar-refractivity contribution >= 4 is 5.91 Å². The number of nitrogens with zero attached hydrogens (tertiary/aromatic N) is 1. The third kappa shape index (κ3) is 5.61. The Kier molecular flexibility index (Phi) is 6.98. The topological polar surface area (TPSA) is 40.5 Å². The Labute approximate surface area is 128 Å². The molecule has 3 heteroatoms. The zero-order chi connectivity index (χ0) is 15.8. The van der Waals surface area contributed by atoms with Crippen LogP contribution in [0.3, 0.4) is 0 Å². The molecule has 0 saturated carbocycles. The van der Waals surface area contributed by atoms with Crippen molar-refractivity contribution in [3.05, 3.63) is 34.9 Å². The minimum Gasteiger partial charge on any atom is -0.395 e. The van der Waals surface area contributed by atoms with Crippen LogP contribution in [0.1, 0.15) is 48.2 Å². The maximum atomic E-state index is 12.4. The summed E-state index contributed by atoms with van der Waals surface area (Å²) in [7, 11) is 1.84. The summed E-state index contributed by atoms with van der Waals surface area (Å²) in [4.78, 5) is 14.1. The number of benzene rings is 1. The van der Waals surface area contributed by atoms with Gasteiger partial charge in [0.2, 0.25) is 0 Å². The van der Waals surface area contributed by atoms with E-state index in [-0.39, 0.29) is 12.5 Å². The Morgan fingerprint density at radius 1 is 1.38 bits per heavy atom. The fourth-order valence-corrected chi connectivity index (χ4v) is 1.88. The van der Waals surface area contributed by atoms with Gasteiger partial charge in [0.1, 0.15) is 0 Å². The molecule has 0 aliphatic carbocycles. The Bertz CT molecular complexity index is 538. The van der Waals surface area contributed by atoms with Gasteiger partial charge in [-0.05, 0) is 37.0 Å². The lowest BCUT2D eigenvalue weighted by Gasteiger charge is -2.18. The molecule has 114 valence electrons. The van der Waals surface area contributed by atoms with Crippen LogP contribution in [-0.4, -0.2) is 36.1 Å². The van der Waals surface area contributed by atoms with Gasteiger partial charge in [0, 0.05) is 31.1 Å². The van der Waals surface area contributed by atoms with E-state index < -0.39 is 0 Å². The number of hydrogen-bond acceptors (Lipinski definition) is 2. The van der Waals surface area contributed by atoms with Gasteiger partial charge >= 0.3 is 0 Å². The molecule has 0 fully saturated rings. The quantitative estimate of drug-likeness (QED) is 0.846. The van der Waals surface area contributed by atoms with Gasteiger partial charge in [0.25, 0.3) is 5.91 Å². The minimum absolute atomic E-state index is 0.0286. The molecule has 1 N–H and O–H groups in total. The van der Waals surface area contributed by atoms with E-state index in [0.717, 1.165) is 24.1 Å². The normalized spacial score (nSPS) is 10.2. The van der Waals surface area contributed by atoms with Crippen LogP contribution in [0, 0.1) is 24.7 Å². The smallest absolute Gasteiger partial charge is 0.253 e. The van der Waals surface area contributed by atoms with E-state index in [1.54, 1.807) is 4.90 Å². The Morgan fingerprint density at radius 3 is 2.71 bits per heavy atom. The summed E-state index contributed by atoms with van der Waals surface area (Å²) in [5.41, 5.74) is 2.56. The van der Waals surface area contributed by atoms with Gasteiger partial charge in [-0.15, -0.1) is 0 Å². The van der Waals surface area contributed by atoms with Crippen molar-refractivity contribution in [3.8, 4) is 11.8 Å². The van der Waals surface area contributed by atoms with Crippen LogP contribution in [0.5, 0.6) is 0 Å².